The van der Waals surface area contributed by atoms with Gasteiger partial charge in [-0.25, -0.2) is 4.39 Å². The summed E-state index contributed by atoms with van der Waals surface area (Å²) in [5.41, 5.74) is 0.999. The summed E-state index contributed by atoms with van der Waals surface area (Å²) in [7, 11) is 1.55. The maximum atomic E-state index is 13.0. The van der Waals surface area contributed by atoms with Gasteiger partial charge >= 0.3 is 0 Å². The van der Waals surface area contributed by atoms with Crippen molar-refractivity contribution in [3.05, 3.63) is 29.6 Å². The highest BCUT2D eigenvalue weighted by Crippen LogP contribution is 2.24. The van der Waals surface area contributed by atoms with E-state index in [1.165, 1.54) is 6.07 Å². The molecule has 1 rings (SSSR count). The van der Waals surface area contributed by atoms with Crippen molar-refractivity contribution in [2.75, 3.05) is 7.11 Å². The highest BCUT2D eigenvalue weighted by atomic mass is 19.1. The van der Waals surface area contributed by atoms with Crippen molar-refractivity contribution in [1.82, 2.24) is 0 Å². The van der Waals surface area contributed by atoms with Gasteiger partial charge in [0.25, 0.3) is 0 Å². The van der Waals surface area contributed by atoms with Gasteiger partial charge in [-0.1, -0.05) is 13.8 Å². The molecule has 0 saturated carbocycles. The molecule has 0 radical (unpaired) electrons. The van der Waals surface area contributed by atoms with E-state index in [-0.39, 0.29) is 5.82 Å². The van der Waals surface area contributed by atoms with E-state index < -0.39 is 0 Å². The molecular formula is C11H15FO. The Morgan fingerprint density at radius 1 is 1.38 bits per heavy atom. The molecule has 1 aromatic rings. The molecule has 0 aliphatic heterocycles. The highest BCUT2D eigenvalue weighted by Gasteiger charge is 2.06. The molecule has 0 N–H and O–H groups in total. The molecule has 13 heavy (non-hydrogen) atoms. The van der Waals surface area contributed by atoms with E-state index in [2.05, 4.69) is 13.8 Å². The van der Waals surface area contributed by atoms with E-state index in [0.717, 1.165) is 12.0 Å². The molecule has 2 heteroatoms. The molecule has 0 fully saturated rings. The number of hydrogen-bond donors (Lipinski definition) is 0. The number of hydrogen-bond acceptors (Lipinski definition) is 1. The maximum absolute atomic E-state index is 13.0. The SMILES string of the molecule is CCC(C)c1cc(F)cc(OC)c1. The molecule has 1 unspecified atom stereocenters. The van der Waals surface area contributed by atoms with Crippen LogP contribution in [0.15, 0.2) is 18.2 Å². The fourth-order valence-corrected chi connectivity index (χ4v) is 1.22. The van der Waals surface area contributed by atoms with Crippen molar-refractivity contribution in [2.45, 2.75) is 26.2 Å². The molecule has 0 spiro atoms. The average molecular weight is 182 g/mol. The summed E-state index contributed by atoms with van der Waals surface area (Å²) in [5, 5.41) is 0. The predicted octanol–water partition coefficient (Wildman–Crippen LogP) is 3.35. The van der Waals surface area contributed by atoms with Crippen molar-refractivity contribution < 1.29 is 9.13 Å². The molecule has 1 nitrogen and oxygen atoms in total. The van der Waals surface area contributed by atoms with Gasteiger partial charge in [-0.05, 0) is 30.0 Å². The van der Waals surface area contributed by atoms with Gasteiger partial charge in [-0.3, -0.25) is 0 Å². The van der Waals surface area contributed by atoms with Crippen LogP contribution in [0, 0.1) is 5.82 Å². The zero-order valence-electron chi connectivity index (χ0n) is 8.30. The van der Waals surface area contributed by atoms with Crippen LogP contribution < -0.4 is 4.74 Å². The Hall–Kier alpha value is -1.05. The summed E-state index contributed by atoms with van der Waals surface area (Å²) in [6.07, 6.45) is 1.01. The van der Waals surface area contributed by atoms with Gasteiger partial charge in [0.2, 0.25) is 0 Å². The molecule has 0 aliphatic rings. The molecule has 0 amide bonds. The van der Waals surface area contributed by atoms with Gasteiger partial charge in [-0.15, -0.1) is 0 Å². The average Bonchev–Trinajstić information content (AvgIpc) is 2.15. The Balaban J connectivity index is 3.01. The molecule has 72 valence electrons. The van der Waals surface area contributed by atoms with Crippen LogP contribution in [0.1, 0.15) is 31.7 Å². The molecule has 0 aromatic heterocycles. The maximum Gasteiger partial charge on any atom is 0.127 e. The smallest absolute Gasteiger partial charge is 0.127 e. The Kier molecular flexibility index (Phi) is 3.29. The van der Waals surface area contributed by atoms with Crippen LogP contribution in [-0.4, -0.2) is 7.11 Å². The van der Waals surface area contributed by atoms with Crippen LogP contribution in [0.25, 0.3) is 0 Å². The zero-order valence-corrected chi connectivity index (χ0v) is 8.30. The second-order valence-electron chi connectivity index (χ2n) is 3.23. The molecule has 1 aromatic carbocycles. The molecule has 0 saturated heterocycles. The molecule has 0 heterocycles. The Morgan fingerprint density at radius 2 is 2.08 bits per heavy atom. The quantitative estimate of drug-likeness (QED) is 0.696. The fraction of sp³-hybridized carbons (Fsp3) is 0.455. The van der Waals surface area contributed by atoms with Crippen LogP contribution in [0.5, 0.6) is 5.75 Å². The number of methoxy groups -OCH3 is 1. The summed E-state index contributed by atoms with van der Waals surface area (Å²) in [5.74, 6) is 0.745. The van der Waals surface area contributed by atoms with Crippen LogP contribution in [0.4, 0.5) is 4.39 Å². The number of halogens is 1. The first kappa shape index (κ1) is 10.0. The van der Waals surface area contributed by atoms with Gasteiger partial charge in [0.15, 0.2) is 0 Å². The molecule has 0 bridgehead atoms. The first-order chi connectivity index (χ1) is 6.17. The van der Waals surface area contributed by atoms with Crippen molar-refractivity contribution in [3.8, 4) is 5.75 Å². The summed E-state index contributed by atoms with van der Waals surface area (Å²) in [4.78, 5) is 0. The van der Waals surface area contributed by atoms with Crippen molar-refractivity contribution in [3.63, 3.8) is 0 Å². The largest absolute Gasteiger partial charge is 0.497 e. The Labute approximate surface area is 78.5 Å². The Morgan fingerprint density at radius 3 is 2.62 bits per heavy atom. The van der Waals surface area contributed by atoms with E-state index in [1.54, 1.807) is 13.2 Å². The molecule has 0 aliphatic carbocycles. The first-order valence-electron chi connectivity index (χ1n) is 4.51. The second-order valence-corrected chi connectivity index (χ2v) is 3.23. The summed E-state index contributed by atoms with van der Waals surface area (Å²) >= 11 is 0. The van der Waals surface area contributed by atoms with E-state index in [4.69, 9.17) is 4.74 Å². The monoisotopic (exact) mass is 182 g/mol. The number of benzene rings is 1. The van der Waals surface area contributed by atoms with Crippen molar-refractivity contribution in [1.29, 1.82) is 0 Å². The summed E-state index contributed by atoms with van der Waals surface area (Å²) in [6.45, 7) is 4.16. The molecular weight excluding hydrogens is 167 g/mol. The van der Waals surface area contributed by atoms with Crippen LogP contribution in [0.3, 0.4) is 0 Å². The van der Waals surface area contributed by atoms with E-state index in [9.17, 15) is 4.39 Å². The standard InChI is InChI=1S/C11H15FO/c1-4-8(2)9-5-10(12)7-11(6-9)13-3/h5-8H,4H2,1-3H3. The minimum Gasteiger partial charge on any atom is -0.497 e. The van der Waals surface area contributed by atoms with Crippen molar-refractivity contribution in [2.24, 2.45) is 0 Å². The second kappa shape index (κ2) is 4.26. The third-order valence-electron chi connectivity index (χ3n) is 2.31. The lowest BCUT2D eigenvalue weighted by atomic mass is 9.98. The van der Waals surface area contributed by atoms with Gasteiger partial charge in [0.05, 0.1) is 7.11 Å². The lowest BCUT2D eigenvalue weighted by Gasteiger charge is -2.10. The van der Waals surface area contributed by atoms with Crippen LogP contribution in [-0.2, 0) is 0 Å². The first-order valence-corrected chi connectivity index (χ1v) is 4.51. The minimum absolute atomic E-state index is 0.227. The summed E-state index contributed by atoms with van der Waals surface area (Å²) in [6, 6.07) is 4.85. The lowest BCUT2D eigenvalue weighted by Crippen LogP contribution is -1.94. The van der Waals surface area contributed by atoms with Gasteiger partial charge < -0.3 is 4.74 Å². The van der Waals surface area contributed by atoms with Crippen LogP contribution >= 0.6 is 0 Å². The lowest BCUT2D eigenvalue weighted by molar-refractivity contribution is 0.410. The van der Waals surface area contributed by atoms with Gasteiger partial charge in [0.1, 0.15) is 11.6 Å². The third kappa shape index (κ3) is 2.44. The normalized spacial score (nSPS) is 12.6. The molecule has 1 atom stereocenters. The number of rotatable bonds is 3. The zero-order chi connectivity index (χ0) is 9.84. The van der Waals surface area contributed by atoms with Crippen LogP contribution in [0.2, 0.25) is 0 Å². The highest BCUT2D eigenvalue weighted by molar-refractivity contribution is 5.31. The topological polar surface area (TPSA) is 9.23 Å². The minimum atomic E-state index is -0.227. The van der Waals surface area contributed by atoms with Crippen molar-refractivity contribution >= 4 is 0 Å². The third-order valence-corrected chi connectivity index (χ3v) is 2.31. The number of ether oxygens (including phenoxy) is 1. The van der Waals surface area contributed by atoms with Gasteiger partial charge in [-0.2, -0.15) is 0 Å². The predicted molar refractivity (Wildman–Crippen MR) is 51.7 cm³/mol. The van der Waals surface area contributed by atoms with E-state index >= 15 is 0 Å². The fourth-order valence-electron chi connectivity index (χ4n) is 1.22. The Bertz CT molecular complexity index is 283. The van der Waals surface area contributed by atoms with E-state index in [1.807, 2.05) is 6.07 Å². The van der Waals surface area contributed by atoms with Gasteiger partial charge in [0, 0.05) is 6.07 Å². The van der Waals surface area contributed by atoms with E-state index in [0.29, 0.717) is 11.7 Å². The summed E-state index contributed by atoms with van der Waals surface area (Å²) < 4.78 is 18.0.